The van der Waals surface area contributed by atoms with Gasteiger partial charge in [-0.2, -0.15) is 0 Å². The van der Waals surface area contributed by atoms with Crippen molar-refractivity contribution >= 4 is 6.08 Å². The zero-order chi connectivity index (χ0) is 16.9. The van der Waals surface area contributed by atoms with Crippen molar-refractivity contribution in [2.45, 2.75) is 45.3 Å². The Bertz CT molecular complexity index is 687. The average molecular weight is 322 g/mol. The van der Waals surface area contributed by atoms with Crippen LogP contribution in [0.15, 0.2) is 54.6 Å². The monoisotopic (exact) mass is 322 g/mol. The van der Waals surface area contributed by atoms with E-state index in [2.05, 4.69) is 74.5 Å². The fraction of sp³-hybridized carbons (Fsp3) is 0.364. The van der Waals surface area contributed by atoms with E-state index >= 15 is 0 Å². The van der Waals surface area contributed by atoms with Crippen molar-refractivity contribution in [2.75, 3.05) is 6.61 Å². The number of rotatable bonds is 7. The molecule has 0 saturated heterocycles. The summed E-state index contributed by atoms with van der Waals surface area (Å²) in [7, 11) is 0. The van der Waals surface area contributed by atoms with Crippen molar-refractivity contribution in [3.8, 4) is 5.75 Å². The molecule has 3 unspecified atom stereocenters. The second-order valence-electron chi connectivity index (χ2n) is 6.33. The predicted molar refractivity (Wildman–Crippen MR) is 99.4 cm³/mol. The highest BCUT2D eigenvalue weighted by atomic mass is 16.7. The molecule has 2 aromatic carbocycles. The molecule has 2 nitrogen and oxygen atoms in total. The summed E-state index contributed by atoms with van der Waals surface area (Å²) in [6, 6.07) is 16.8. The van der Waals surface area contributed by atoms with E-state index < -0.39 is 0 Å². The molecule has 0 spiro atoms. The van der Waals surface area contributed by atoms with Gasteiger partial charge >= 0.3 is 0 Å². The number of hydrogen-bond donors (Lipinski definition) is 0. The van der Waals surface area contributed by atoms with Crippen LogP contribution >= 0.6 is 0 Å². The lowest BCUT2D eigenvalue weighted by molar-refractivity contribution is -0.0830. The molecule has 1 aliphatic rings. The summed E-state index contributed by atoms with van der Waals surface area (Å²) in [6.07, 6.45) is 5.18. The van der Waals surface area contributed by atoms with Gasteiger partial charge in [0.05, 0.1) is 5.92 Å². The first-order valence-corrected chi connectivity index (χ1v) is 8.88. The fourth-order valence-electron chi connectivity index (χ4n) is 3.13. The quantitative estimate of drug-likeness (QED) is 0.604. The van der Waals surface area contributed by atoms with Gasteiger partial charge in [0, 0.05) is 6.61 Å². The summed E-state index contributed by atoms with van der Waals surface area (Å²) in [6.45, 7) is 7.10. The highest BCUT2D eigenvalue weighted by Gasteiger charge is 2.28. The molecule has 0 saturated carbocycles. The highest BCUT2D eigenvalue weighted by Crippen LogP contribution is 2.35. The van der Waals surface area contributed by atoms with Crippen LogP contribution in [0.4, 0.5) is 0 Å². The van der Waals surface area contributed by atoms with Crippen molar-refractivity contribution in [3.63, 3.8) is 0 Å². The Labute approximate surface area is 145 Å². The summed E-state index contributed by atoms with van der Waals surface area (Å²) in [5.74, 6) is 1.57. The lowest BCUT2D eigenvalue weighted by atomic mass is 9.98. The Morgan fingerprint density at radius 3 is 2.46 bits per heavy atom. The largest absolute Gasteiger partial charge is 0.464 e. The molecule has 0 radical (unpaired) electrons. The molecule has 0 heterocycles. The lowest BCUT2D eigenvalue weighted by Crippen LogP contribution is -2.27. The zero-order valence-corrected chi connectivity index (χ0v) is 14.7. The van der Waals surface area contributed by atoms with Crippen molar-refractivity contribution < 1.29 is 9.47 Å². The van der Waals surface area contributed by atoms with Crippen LogP contribution in [-0.4, -0.2) is 12.9 Å². The van der Waals surface area contributed by atoms with Crippen molar-refractivity contribution in [1.82, 2.24) is 0 Å². The average Bonchev–Trinajstić information content (AvgIpc) is 3.05. The molecule has 3 atom stereocenters. The molecule has 126 valence electrons. The standard InChI is InChI=1S/C22H26O2/c1-4-16(3)17-10-13-19(14-11-17)24-22(23-5-2)21-15-12-18-8-6-7-9-20(18)21/h6-16,21-22H,4-5H2,1-3H3. The molecule has 0 bridgehead atoms. The van der Waals surface area contributed by atoms with Crippen LogP contribution in [0, 0.1) is 0 Å². The Morgan fingerprint density at radius 1 is 1.00 bits per heavy atom. The summed E-state index contributed by atoms with van der Waals surface area (Å²) in [5, 5.41) is 0. The minimum Gasteiger partial charge on any atom is -0.464 e. The van der Waals surface area contributed by atoms with Crippen LogP contribution in [0.1, 0.15) is 55.7 Å². The second kappa shape index (κ2) is 7.67. The van der Waals surface area contributed by atoms with E-state index in [-0.39, 0.29) is 12.2 Å². The van der Waals surface area contributed by atoms with Crippen molar-refractivity contribution in [2.24, 2.45) is 0 Å². The Morgan fingerprint density at radius 2 is 1.75 bits per heavy atom. The normalized spacial score (nSPS) is 18.2. The van der Waals surface area contributed by atoms with Crippen molar-refractivity contribution in [3.05, 3.63) is 71.3 Å². The summed E-state index contributed by atoms with van der Waals surface area (Å²) < 4.78 is 12.1. The van der Waals surface area contributed by atoms with Crippen LogP contribution < -0.4 is 4.74 Å². The summed E-state index contributed by atoms with van der Waals surface area (Å²) in [4.78, 5) is 0. The topological polar surface area (TPSA) is 18.5 Å². The number of ether oxygens (including phenoxy) is 2. The molecule has 0 fully saturated rings. The van der Waals surface area contributed by atoms with E-state index in [1.165, 1.54) is 16.7 Å². The maximum Gasteiger partial charge on any atom is 0.210 e. The molecule has 0 amide bonds. The maximum absolute atomic E-state index is 6.19. The van der Waals surface area contributed by atoms with Gasteiger partial charge in [-0.15, -0.1) is 0 Å². The number of fused-ring (bicyclic) bond motifs is 1. The third-order valence-corrected chi connectivity index (χ3v) is 4.78. The molecular weight excluding hydrogens is 296 g/mol. The molecule has 2 aromatic rings. The van der Waals surface area contributed by atoms with Gasteiger partial charge in [0.2, 0.25) is 6.29 Å². The van der Waals surface area contributed by atoms with Gasteiger partial charge in [0.25, 0.3) is 0 Å². The molecule has 2 heteroatoms. The summed E-state index contributed by atoms with van der Waals surface area (Å²) >= 11 is 0. The first-order valence-electron chi connectivity index (χ1n) is 8.88. The van der Waals surface area contributed by atoms with E-state index in [4.69, 9.17) is 9.47 Å². The molecule has 0 aromatic heterocycles. The summed E-state index contributed by atoms with van der Waals surface area (Å²) in [5.41, 5.74) is 3.87. The Kier molecular flexibility index (Phi) is 5.37. The molecule has 24 heavy (non-hydrogen) atoms. The smallest absolute Gasteiger partial charge is 0.210 e. The van der Waals surface area contributed by atoms with E-state index in [9.17, 15) is 0 Å². The Hall–Kier alpha value is -2.06. The predicted octanol–water partition coefficient (Wildman–Crippen LogP) is 5.75. The minimum absolute atomic E-state index is 0.135. The second-order valence-corrected chi connectivity index (χ2v) is 6.33. The van der Waals surface area contributed by atoms with Gasteiger partial charge in [-0.25, -0.2) is 0 Å². The van der Waals surface area contributed by atoms with Gasteiger partial charge in [0.1, 0.15) is 5.75 Å². The fourth-order valence-corrected chi connectivity index (χ4v) is 3.13. The van der Waals surface area contributed by atoms with E-state index in [0.717, 1.165) is 12.2 Å². The maximum atomic E-state index is 6.19. The van der Waals surface area contributed by atoms with Crippen LogP contribution in [0.3, 0.4) is 0 Å². The third-order valence-electron chi connectivity index (χ3n) is 4.78. The third kappa shape index (κ3) is 3.54. The van der Waals surface area contributed by atoms with Gasteiger partial charge in [-0.3, -0.25) is 0 Å². The van der Waals surface area contributed by atoms with Gasteiger partial charge < -0.3 is 9.47 Å². The van der Waals surface area contributed by atoms with Crippen LogP contribution in [-0.2, 0) is 4.74 Å². The molecule has 3 rings (SSSR count). The lowest BCUT2D eigenvalue weighted by Gasteiger charge is -2.25. The first kappa shape index (κ1) is 16.8. The zero-order valence-electron chi connectivity index (χ0n) is 14.7. The van der Waals surface area contributed by atoms with E-state index in [1.54, 1.807) is 0 Å². The van der Waals surface area contributed by atoms with Crippen LogP contribution in [0.2, 0.25) is 0 Å². The van der Waals surface area contributed by atoms with Crippen LogP contribution in [0.5, 0.6) is 5.75 Å². The number of benzene rings is 2. The highest BCUT2D eigenvalue weighted by molar-refractivity contribution is 5.62. The van der Waals surface area contributed by atoms with Crippen LogP contribution in [0.25, 0.3) is 6.08 Å². The SMILES string of the molecule is CCOC(Oc1ccc(C(C)CC)cc1)C1C=Cc2ccccc21. The van der Waals surface area contributed by atoms with Crippen molar-refractivity contribution in [1.29, 1.82) is 0 Å². The molecule has 1 aliphatic carbocycles. The van der Waals surface area contributed by atoms with Gasteiger partial charge in [-0.05, 0) is 48.1 Å². The number of hydrogen-bond acceptors (Lipinski definition) is 2. The van der Waals surface area contributed by atoms with Gasteiger partial charge in [0.15, 0.2) is 0 Å². The van der Waals surface area contributed by atoms with E-state index in [0.29, 0.717) is 12.5 Å². The van der Waals surface area contributed by atoms with E-state index in [1.807, 2.05) is 6.92 Å². The molecular formula is C22H26O2. The van der Waals surface area contributed by atoms with Gasteiger partial charge in [-0.1, -0.05) is 62.4 Å². The molecule has 0 aliphatic heterocycles. The molecule has 0 N–H and O–H groups in total. The minimum atomic E-state index is -0.302. The first-order chi connectivity index (χ1) is 11.7. The Balaban J connectivity index is 1.77.